The summed E-state index contributed by atoms with van der Waals surface area (Å²) in [4.78, 5) is 0. The second-order valence-electron chi connectivity index (χ2n) is 5.37. The molecule has 0 bridgehead atoms. The summed E-state index contributed by atoms with van der Waals surface area (Å²) in [6, 6.07) is 7.85. The van der Waals surface area contributed by atoms with Crippen LogP contribution < -0.4 is 4.74 Å². The van der Waals surface area contributed by atoms with Crippen molar-refractivity contribution in [1.29, 1.82) is 0 Å². The number of ether oxygens (including phenoxy) is 1. The van der Waals surface area contributed by atoms with Crippen molar-refractivity contribution in [2.24, 2.45) is 0 Å². The Bertz CT molecular complexity index is 519. The van der Waals surface area contributed by atoms with Gasteiger partial charge in [0.05, 0.1) is 24.7 Å². The molecule has 2 aromatic rings. The SMILES string of the molecule is CCCCCCCCc1cn(-c2ccc(OC)cc2)nn1. The van der Waals surface area contributed by atoms with Crippen molar-refractivity contribution in [2.45, 2.75) is 51.9 Å². The number of unbranched alkanes of at least 4 members (excludes halogenated alkanes) is 5. The maximum Gasteiger partial charge on any atom is 0.119 e. The molecule has 0 saturated heterocycles. The summed E-state index contributed by atoms with van der Waals surface area (Å²) in [5.74, 6) is 0.853. The Kier molecular flexibility index (Phi) is 6.25. The first-order valence-corrected chi connectivity index (χ1v) is 7.89. The number of benzene rings is 1. The van der Waals surface area contributed by atoms with E-state index in [1.165, 1.54) is 38.5 Å². The quantitative estimate of drug-likeness (QED) is 0.650. The largest absolute Gasteiger partial charge is 0.497 e. The molecule has 0 radical (unpaired) electrons. The lowest BCUT2D eigenvalue weighted by molar-refractivity contribution is 0.414. The molecular formula is C17H25N3O. The van der Waals surface area contributed by atoms with Gasteiger partial charge in [-0.2, -0.15) is 0 Å². The van der Waals surface area contributed by atoms with Gasteiger partial charge in [0.25, 0.3) is 0 Å². The highest BCUT2D eigenvalue weighted by Crippen LogP contribution is 2.15. The average Bonchev–Trinajstić information content (AvgIpc) is 3.00. The molecule has 0 aliphatic rings. The fourth-order valence-corrected chi connectivity index (χ4v) is 2.36. The molecule has 0 N–H and O–H groups in total. The minimum absolute atomic E-state index is 0.853. The average molecular weight is 287 g/mol. The van der Waals surface area contributed by atoms with E-state index in [0.29, 0.717) is 0 Å². The molecule has 0 spiro atoms. The summed E-state index contributed by atoms with van der Waals surface area (Å²) >= 11 is 0. The van der Waals surface area contributed by atoms with Gasteiger partial charge in [-0.15, -0.1) is 5.10 Å². The molecule has 1 aromatic heterocycles. The Hall–Kier alpha value is -1.84. The first kappa shape index (κ1) is 15.5. The van der Waals surface area contributed by atoms with Gasteiger partial charge in [-0.05, 0) is 37.1 Å². The third-order valence-corrected chi connectivity index (χ3v) is 3.66. The van der Waals surface area contributed by atoms with Gasteiger partial charge in [0.15, 0.2) is 0 Å². The van der Waals surface area contributed by atoms with Crippen LogP contribution in [0, 0.1) is 0 Å². The molecule has 2 rings (SSSR count). The van der Waals surface area contributed by atoms with E-state index >= 15 is 0 Å². The number of aryl methyl sites for hydroxylation is 1. The molecule has 1 heterocycles. The lowest BCUT2D eigenvalue weighted by atomic mass is 10.1. The Morgan fingerprint density at radius 1 is 1.00 bits per heavy atom. The Morgan fingerprint density at radius 2 is 1.71 bits per heavy atom. The number of methoxy groups -OCH3 is 1. The van der Waals surface area contributed by atoms with E-state index in [9.17, 15) is 0 Å². The monoisotopic (exact) mass is 287 g/mol. The van der Waals surface area contributed by atoms with Crippen LogP contribution in [0.25, 0.3) is 5.69 Å². The highest BCUT2D eigenvalue weighted by molar-refractivity contribution is 5.36. The number of nitrogens with zero attached hydrogens (tertiary/aromatic N) is 3. The van der Waals surface area contributed by atoms with E-state index in [0.717, 1.165) is 23.6 Å². The van der Waals surface area contributed by atoms with Crippen LogP contribution in [-0.4, -0.2) is 22.1 Å². The molecule has 4 nitrogen and oxygen atoms in total. The van der Waals surface area contributed by atoms with Crippen molar-refractivity contribution in [3.8, 4) is 11.4 Å². The van der Waals surface area contributed by atoms with Gasteiger partial charge in [-0.1, -0.05) is 44.2 Å². The highest BCUT2D eigenvalue weighted by atomic mass is 16.5. The summed E-state index contributed by atoms with van der Waals surface area (Å²) in [6.07, 6.45) is 10.9. The van der Waals surface area contributed by atoms with Gasteiger partial charge in [0.1, 0.15) is 5.75 Å². The number of hydrogen-bond donors (Lipinski definition) is 0. The van der Waals surface area contributed by atoms with Crippen molar-refractivity contribution in [3.05, 3.63) is 36.2 Å². The van der Waals surface area contributed by atoms with Crippen molar-refractivity contribution < 1.29 is 4.74 Å². The van der Waals surface area contributed by atoms with Gasteiger partial charge in [-0.25, -0.2) is 4.68 Å². The fraction of sp³-hybridized carbons (Fsp3) is 0.529. The van der Waals surface area contributed by atoms with Crippen LogP contribution in [0.15, 0.2) is 30.5 Å². The standard InChI is InChI=1S/C17H25N3O/c1-3-4-5-6-7-8-9-15-14-20(19-18-15)16-10-12-17(21-2)13-11-16/h10-14H,3-9H2,1-2H3. The van der Waals surface area contributed by atoms with E-state index in [-0.39, 0.29) is 0 Å². The minimum Gasteiger partial charge on any atom is -0.497 e. The number of rotatable bonds is 9. The lowest BCUT2D eigenvalue weighted by Gasteiger charge is -2.02. The van der Waals surface area contributed by atoms with E-state index in [4.69, 9.17) is 4.74 Å². The van der Waals surface area contributed by atoms with Gasteiger partial charge in [-0.3, -0.25) is 0 Å². The highest BCUT2D eigenvalue weighted by Gasteiger charge is 2.03. The van der Waals surface area contributed by atoms with E-state index in [1.54, 1.807) is 7.11 Å². The van der Waals surface area contributed by atoms with Crippen LogP contribution in [0.4, 0.5) is 0 Å². The lowest BCUT2D eigenvalue weighted by Crippen LogP contribution is -1.94. The van der Waals surface area contributed by atoms with Crippen molar-refractivity contribution >= 4 is 0 Å². The maximum atomic E-state index is 5.16. The smallest absolute Gasteiger partial charge is 0.119 e. The van der Waals surface area contributed by atoms with Gasteiger partial charge in [0, 0.05) is 0 Å². The van der Waals surface area contributed by atoms with Gasteiger partial charge < -0.3 is 4.74 Å². The molecule has 0 aliphatic heterocycles. The van der Waals surface area contributed by atoms with Crippen LogP contribution in [0.3, 0.4) is 0 Å². The molecule has 0 amide bonds. The molecule has 4 heteroatoms. The third-order valence-electron chi connectivity index (χ3n) is 3.66. The molecule has 0 saturated carbocycles. The van der Waals surface area contributed by atoms with Gasteiger partial charge >= 0.3 is 0 Å². The minimum atomic E-state index is 0.853. The fourth-order valence-electron chi connectivity index (χ4n) is 2.36. The Labute approximate surface area is 127 Å². The van der Waals surface area contributed by atoms with Gasteiger partial charge in [0.2, 0.25) is 0 Å². The van der Waals surface area contributed by atoms with Crippen LogP contribution in [-0.2, 0) is 6.42 Å². The predicted octanol–water partition coefficient (Wildman–Crippen LogP) is 4.18. The summed E-state index contributed by atoms with van der Waals surface area (Å²) in [5.41, 5.74) is 2.08. The van der Waals surface area contributed by atoms with Crippen LogP contribution in [0.5, 0.6) is 5.75 Å². The summed E-state index contributed by atoms with van der Waals surface area (Å²) < 4.78 is 6.98. The Balaban J connectivity index is 1.80. The van der Waals surface area contributed by atoms with E-state index in [2.05, 4.69) is 17.2 Å². The van der Waals surface area contributed by atoms with Crippen LogP contribution >= 0.6 is 0 Å². The summed E-state index contributed by atoms with van der Waals surface area (Å²) in [6.45, 7) is 2.25. The second-order valence-corrected chi connectivity index (χ2v) is 5.37. The third kappa shape index (κ3) is 4.88. The molecule has 114 valence electrons. The number of aromatic nitrogens is 3. The molecule has 0 atom stereocenters. The molecule has 0 fully saturated rings. The second kappa shape index (κ2) is 8.45. The maximum absolute atomic E-state index is 5.16. The van der Waals surface area contributed by atoms with Crippen molar-refractivity contribution in [2.75, 3.05) is 7.11 Å². The first-order valence-electron chi connectivity index (χ1n) is 7.89. The van der Waals surface area contributed by atoms with Crippen molar-refractivity contribution in [3.63, 3.8) is 0 Å². The van der Waals surface area contributed by atoms with Crippen LogP contribution in [0.2, 0.25) is 0 Å². The molecule has 21 heavy (non-hydrogen) atoms. The molecule has 0 aliphatic carbocycles. The van der Waals surface area contributed by atoms with Crippen molar-refractivity contribution in [1.82, 2.24) is 15.0 Å². The summed E-state index contributed by atoms with van der Waals surface area (Å²) in [5, 5.41) is 8.45. The topological polar surface area (TPSA) is 39.9 Å². The predicted molar refractivity (Wildman–Crippen MR) is 85.0 cm³/mol. The summed E-state index contributed by atoms with van der Waals surface area (Å²) in [7, 11) is 1.67. The molecular weight excluding hydrogens is 262 g/mol. The number of hydrogen-bond acceptors (Lipinski definition) is 3. The zero-order valence-corrected chi connectivity index (χ0v) is 13.1. The first-order chi connectivity index (χ1) is 10.3. The zero-order valence-electron chi connectivity index (χ0n) is 13.1. The Morgan fingerprint density at radius 3 is 2.43 bits per heavy atom. The molecule has 1 aromatic carbocycles. The zero-order chi connectivity index (χ0) is 14.9. The van der Waals surface area contributed by atoms with Crippen LogP contribution in [0.1, 0.15) is 51.1 Å². The van der Waals surface area contributed by atoms with E-state index in [1.807, 2.05) is 35.1 Å². The molecule has 0 unspecified atom stereocenters. The van der Waals surface area contributed by atoms with E-state index < -0.39 is 0 Å². The normalized spacial score (nSPS) is 10.8.